The molecule has 2 aromatic carbocycles. The van der Waals surface area contributed by atoms with E-state index in [2.05, 4.69) is 4.99 Å². The van der Waals surface area contributed by atoms with Crippen molar-refractivity contribution in [3.05, 3.63) is 48.0 Å². The largest absolute Gasteiger partial charge is 0.497 e. The van der Waals surface area contributed by atoms with Crippen LogP contribution in [0.1, 0.15) is 32.3 Å². The number of nitrogens with two attached hydrogens (primary N) is 1. The molecule has 202 valence electrons. The Labute approximate surface area is 217 Å². The predicted octanol–water partition coefficient (Wildman–Crippen LogP) is 2.50. The number of fused-ring (bicyclic) bond motifs is 1. The molecule has 0 saturated carbocycles. The van der Waals surface area contributed by atoms with E-state index in [1.807, 2.05) is 18.7 Å². The highest BCUT2D eigenvalue weighted by Crippen LogP contribution is 2.34. The quantitative estimate of drug-likeness (QED) is 0.225. The van der Waals surface area contributed by atoms with E-state index in [0.717, 1.165) is 4.31 Å². The van der Waals surface area contributed by atoms with E-state index in [1.165, 1.54) is 31.4 Å². The van der Waals surface area contributed by atoms with Crippen LogP contribution in [0.2, 0.25) is 0 Å². The zero-order chi connectivity index (χ0) is 27.0. The van der Waals surface area contributed by atoms with E-state index in [0.29, 0.717) is 48.3 Å². The van der Waals surface area contributed by atoms with E-state index in [-0.39, 0.29) is 31.2 Å². The lowest BCUT2D eigenvalue weighted by molar-refractivity contribution is -0.141. The van der Waals surface area contributed by atoms with Gasteiger partial charge in [0.25, 0.3) is 0 Å². The molecule has 0 saturated heterocycles. The van der Waals surface area contributed by atoms with Gasteiger partial charge in [-0.1, -0.05) is 6.07 Å². The molecule has 0 unspecified atom stereocenters. The molecule has 3 N–H and O–H groups in total. The van der Waals surface area contributed by atoms with Crippen LogP contribution in [0, 0.1) is 0 Å². The standard InChI is InChI=1S/C25H34N4O7S/c1-4-28(5-2)25(26)27-14-6-7-21(24(30)31)29(16-18-8-13-22-23(15-18)36-17-35-22)37(32,33)20-11-9-19(34-3)10-12-20/h8-13,15,21H,4-7,14,16-17H2,1-3H3,(H2,26,27)(H,30,31)/t21-/m1/s1. The Morgan fingerprint density at radius 2 is 1.81 bits per heavy atom. The SMILES string of the molecule is CCN(CC)C(N)=NCCC[C@H](C(=O)O)N(Cc1ccc2c(c1)OCO2)S(=O)(=O)c1ccc(OC)cc1. The fourth-order valence-corrected chi connectivity index (χ4v) is 5.58. The summed E-state index contributed by atoms with van der Waals surface area (Å²) in [6, 6.07) is 9.53. The van der Waals surface area contributed by atoms with Crippen molar-refractivity contribution in [1.29, 1.82) is 0 Å². The van der Waals surface area contributed by atoms with Crippen molar-refractivity contribution in [2.75, 3.05) is 33.5 Å². The second-order valence-corrected chi connectivity index (χ2v) is 10.2. The molecule has 1 aliphatic rings. The molecule has 0 radical (unpaired) electrons. The number of sulfonamides is 1. The van der Waals surface area contributed by atoms with Gasteiger partial charge in [0.15, 0.2) is 17.5 Å². The second-order valence-electron chi connectivity index (χ2n) is 8.32. The van der Waals surface area contributed by atoms with Crippen LogP contribution in [0.4, 0.5) is 0 Å². The second kappa shape index (κ2) is 12.6. The van der Waals surface area contributed by atoms with Crippen LogP contribution in [0.25, 0.3) is 0 Å². The van der Waals surface area contributed by atoms with Gasteiger partial charge in [-0.25, -0.2) is 8.42 Å². The monoisotopic (exact) mass is 534 g/mol. The summed E-state index contributed by atoms with van der Waals surface area (Å²) in [4.78, 5) is 18.6. The predicted molar refractivity (Wildman–Crippen MR) is 138 cm³/mol. The summed E-state index contributed by atoms with van der Waals surface area (Å²) in [6.07, 6.45) is 0.374. The zero-order valence-corrected chi connectivity index (χ0v) is 22.1. The molecular weight excluding hydrogens is 500 g/mol. The smallest absolute Gasteiger partial charge is 0.322 e. The number of benzene rings is 2. The number of aliphatic imine (C=N–C) groups is 1. The molecule has 0 aliphatic carbocycles. The number of nitrogens with zero attached hydrogens (tertiary/aromatic N) is 3. The highest BCUT2D eigenvalue weighted by Gasteiger charge is 2.36. The maximum absolute atomic E-state index is 13.7. The number of ether oxygens (including phenoxy) is 3. The minimum Gasteiger partial charge on any atom is -0.497 e. The van der Waals surface area contributed by atoms with Gasteiger partial charge in [0, 0.05) is 26.2 Å². The van der Waals surface area contributed by atoms with Crippen molar-refractivity contribution in [1.82, 2.24) is 9.21 Å². The Morgan fingerprint density at radius 1 is 1.14 bits per heavy atom. The van der Waals surface area contributed by atoms with E-state index in [9.17, 15) is 18.3 Å². The van der Waals surface area contributed by atoms with Crippen LogP contribution >= 0.6 is 0 Å². The van der Waals surface area contributed by atoms with Gasteiger partial charge in [0.05, 0.1) is 12.0 Å². The molecule has 1 aliphatic heterocycles. The first-order valence-electron chi connectivity index (χ1n) is 12.0. The van der Waals surface area contributed by atoms with Crippen LogP contribution in [0.5, 0.6) is 17.2 Å². The average Bonchev–Trinajstić information content (AvgIpc) is 3.36. The molecule has 11 nitrogen and oxygen atoms in total. The lowest BCUT2D eigenvalue weighted by atomic mass is 10.1. The molecule has 0 aromatic heterocycles. The van der Waals surface area contributed by atoms with Crippen LogP contribution in [-0.4, -0.2) is 74.2 Å². The van der Waals surface area contributed by atoms with Crippen LogP contribution in [-0.2, 0) is 21.4 Å². The summed E-state index contributed by atoms with van der Waals surface area (Å²) in [5.41, 5.74) is 6.58. The first-order valence-corrected chi connectivity index (χ1v) is 13.5. The van der Waals surface area contributed by atoms with E-state index in [4.69, 9.17) is 19.9 Å². The van der Waals surface area contributed by atoms with Crippen LogP contribution in [0.3, 0.4) is 0 Å². The summed E-state index contributed by atoms with van der Waals surface area (Å²) in [6.45, 7) is 5.50. The van der Waals surface area contributed by atoms with Crippen molar-refractivity contribution < 1.29 is 32.5 Å². The fraction of sp³-hybridized carbons (Fsp3) is 0.440. The summed E-state index contributed by atoms with van der Waals surface area (Å²) < 4.78 is 44.4. The van der Waals surface area contributed by atoms with Crippen molar-refractivity contribution in [3.63, 3.8) is 0 Å². The zero-order valence-electron chi connectivity index (χ0n) is 21.3. The number of hydrogen-bond donors (Lipinski definition) is 2. The van der Waals surface area contributed by atoms with Crippen molar-refractivity contribution in [3.8, 4) is 17.2 Å². The third kappa shape index (κ3) is 6.83. The molecule has 0 fully saturated rings. The van der Waals surface area contributed by atoms with Crippen molar-refractivity contribution in [2.45, 2.75) is 44.2 Å². The Bertz CT molecular complexity index is 1200. The third-order valence-electron chi connectivity index (χ3n) is 6.07. The van der Waals surface area contributed by atoms with Gasteiger partial charge in [0.1, 0.15) is 11.8 Å². The van der Waals surface area contributed by atoms with Gasteiger partial charge in [-0.3, -0.25) is 9.79 Å². The molecule has 0 spiro atoms. The number of hydrogen-bond acceptors (Lipinski definition) is 7. The Hall–Kier alpha value is -3.51. The number of carboxylic acids is 1. The highest BCUT2D eigenvalue weighted by atomic mass is 32.2. The molecule has 2 aromatic rings. The maximum atomic E-state index is 13.7. The van der Waals surface area contributed by atoms with Crippen LogP contribution < -0.4 is 19.9 Å². The van der Waals surface area contributed by atoms with Gasteiger partial charge in [0.2, 0.25) is 16.8 Å². The highest BCUT2D eigenvalue weighted by molar-refractivity contribution is 7.89. The van der Waals surface area contributed by atoms with Gasteiger partial charge >= 0.3 is 5.97 Å². The van der Waals surface area contributed by atoms with Crippen molar-refractivity contribution >= 4 is 22.0 Å². The summed E-state index contributed by atoms with van der Waals surface area (Å²) >= 11 is 0. The average molecular weight is 535 g/mol. The van der Waals surface area contributed by atoms with Gasteiger partial charge in [-0.2, -0.15) is 4.31 Å². The third-order valence-corrected chi connectivity index (χ3v) is 7.94. The Balaban J connectivity index is 1.89. The first-order chi connectivity index (χ1) is 17.7. The fourth-order valence-electron chi connectivity index (χ4n) is 3.98. The number of carbonyl (C=O) groups is 1. The molecule has 3 rings (SSSR count). The minimum absolute atomic E-state index is 0.0379. The first kappa shape index (κ1) is 28.1. The lowest BCUT2D eigenvalue weighted by Crippen LogP contribution is -2.44. The Kier molecular flexibility index (Phi) is 9.59. The topological polar surface area (TPSA) is 144 Å². The molecule has 12 heteroatoms. The van der Waals surface area contributed by atoms with Gasteiger partial charge < -0.3 is 30.0 Å². The van der Waals surface area contributed by atoms with E-state index >= 15 is 0 Å². The molecule has 1 heterocycles. The summed E-state index contributed by atoms with van der Waals surface area (Å²) in [5, 5.41) is 10.1. The molecule has 37 heavy (non-hydrogen) atoms. The number of aliphatic carboxylic acids is 1. The van der Waals surface area contributed by atoms with Gasteiger partial charge in [-0.15, -0.1) is 0 Å². The van der Waals surface area contributed by atoms with Crippen LogP contribution in [0.15, 0.2) is 52.4 Å². The van der Waals surface area contributed by atoms with E-state index < -0.39 is 22.0 Å². The van der Waals surface area contributed by atoms with Crippen molar-refractivity contribution in [2.24, 2.45) is 10.7 Å². The number of rotatable bonds is 13. The molecule has 1 atom stereocenters. The number of methoxy groups -OCH3 is 1. The normalized spacial score (nSPS) is 14.0. The molecule has 0 amide bonds. The maximum Gasteiger partial charge on any atom is 0.322 e. The summed E-state index contributed by atoms with van der Waals surface area (Å²) in [7, 11) is -2.72. The number of carboxylic acid groups (broad SMARTS) is 1. The molecular formula is C25H34N4O7S. The van der Waals surface area contributed by atoms with E-state index in [1.54, 1.807) is 18.2 Å². The van der Waals surface area contributed by atoms with Gasteiger partial charge in [-0.05, 0) is 68.7 Å². The Morgan fingerprint density at radius 3 is 2.43 bits per heavy atom. The lowest BCUT2D eigenvalue weighted by Gasteiger charge is -2.28. The number of guanidine groups is 1. The molecule has 0 bridgehead atoms. The minimum atomic E-state index is -4.20. The summed E-state index contributed by atoms with van der Waals surface area (Å²) in [5.74, 6) is 0.636.